The number of nitrogens with zero attached hydrogens (tertiary/aromatic N) is 4. The molecule has 0 radical (unpaired) electrons. The van der Waals surface area contributed by atoms with Crippen molar-refractivity contribution in [3.05, 3.63) is 72.1 Å². The predicted molar refractivity (Wildman–Crippen MR) is 113 cm³/mol. The number of benzene rings is 2. The van der Waals surface area contributed by atoms with E-state index in [0.29, 0.717) is 31.9 Å². The van der Waals surface area contributed by atoms with E-state index < -0.39 is 11.9 Å². The van der Waals surface area contributed by atoms with E-state index in [1.54, 1.807) is 4.90 Å². The number of carbonyl (C=O) groups excluding carboxylic acids is 1. The first-order chi connectivity index (χ1) is 14.8. The maximum Gasteiger partial charge on any atom is 0.435 e. The summed E-state index contributed by atoms with van der Waals surface area (Å²) in [5.41, 5.74) is 2.72. The van der Waals surface area contributed by atoms with Gasteiger partial charge in [0.05, 0.1) is 0 Å². The Kier molecular flexibility index (Phi) is 5.71. The zero-order chi connectivity index (χ0) is 22.0. The number of halogens is 3. The lowest BCUT2D eigenvalue weighted by Crippen LogP contribution is -2.49. The maximum absolute atomic E-state index is 12.9. The Morgan fingerprint density at radius 3 is 2.26 bits per heavy atom. The number of anilines is 1. The highest BCUT2D eigenvalue weighted by Gasteiger charge is 2.34. The molecule has 1 aliphatic heterocycles. The monoisotopic (exact) mass is 428 g/mol. The summed E-state index contributed by atoms with van der Waals surface area (Å²) in [4.78, 5) is 16.6. The average molecular weight is 428 g/mol. The van der Waals surface area contributed by atoms with E-state index in [1.807, 2.05) is 30.3 Å². The lowest BCUT2D eigenvalue weighted by atomic mass is 10.0. The van der Waals surface area contributed by atoms with Crippen LogP contribution in [0.3, 0.4) is 0 Å². The summed E-state index contributed by atoms with van der Waals surface area (Å²) in [5.74, 6) is -0.226. The molecule has 5 nitrogen and oxygen atoms in total. The van der Waals surface area contributed by atoms with E-state index in [2.05, 4.69) is 34.3 Å². The summed E-state index contributed by atoms with van der Waals surface area (Å²) >= 11 is 0. The average Bonchev–Trinajstić information content (AvgIpc) is 3.15. The highest BCUT2D eigenvalue weighted by atomic mass is 19.4. The van der Waals surface area contributed by atoms with E-state index in [0.717, 1.165) is 27.6 Å². The van der Waals surface area contributed by atoms with Crippen molar-refractivity contribution in [3.63, 3.8) is 0 Å². The third-order valence-corrected chi connectivity index (χ3v) is 5.52. The highest BCUT2D eigenvalue weighted by molar-refractivity contribution is 5.79. The quantitative estimate of drug-likeness (QED) is 0.625. The second-order valence-corrected chi connectivity index (χ2v) is 7.58. The molecule has 2 aromatic carbocycles. The number of para-hydroxylation sites is 1. The number of rotatable bonds is 4. The van der Waals surface area contributed by atoms with Crippen LogP contribution in [-0.4, -0.2) is 46.8 Å². The second-order valence-electron chi connectivity index (χ2n) is 7.58. The number of aryl methyl sites for hydroxylation is 1. The van der Waals surface area contributed by atoms with Gasteiger partial charge in [0.15, 0.2) is 5.69 Å². The fourth-order valence-electron chi connectivity index (χ4n) is 3.84. The number of hydrogen-bond donors (Lipinski definition) is 0. The van der Waals surface area contributed by atoms with Crippen LogP contribution in [0, 0.1) is 6.92 Å². The summed E-state index contributed by atoms with van der Waals surface area (Å²) in [6.07, 6.45) is -4.52. The van der Waals surface area contributed by atoms with Crippen molar-refractivity contribution in [2.24, 2.45) is 0 Å². The molecule has 0 atom stereocenters. The van der Waals surface area contributed by atoms with Crippen molar-refractivity contribution >= 4 is 11.6 Å². The van der Waals surface area contributed by atoms with E-state index in [1.165, 1.54) is 6.92 Å². The van der Waals surface area contributed by atoms with Gasteiger partial charge in [-0.2, -0.15) is 18.3 Å². The fraction of sp³-hybridized carbons (Fsp3) is 0.304. The zero-order valence-corrected chi connectivity index (χ0v) is 17.1. The molecule has 8 heteroatoms. The maximum atomic E-state index is 12.9. The molecule has 1 aromatic heterocycles. The molecule has 0 unspecified atom stereocenters. The third kappa shape index (κ3) is 4.57. The van der Waals surface area contributed by atoms with E-state index in [4.69, 9.17) is 0 Å². The first-order valence-corrected chi connectivity index (χ1v) is 10.1. The van der Waals surface area contributed by atoms with Crippen LogP contribution in [0.2, 0.25) is 0 Å². The summed E-state index contributed by atoms with van der Waals surface area (Å²) in [6, 6.07) is 19.3. The van der Waals surface area contributed by atoms with Gasteiger partial charge < -0.3 is 9.80 Å². The normalized spacial score (nSPS) is 14.7. The minimum atomic E-state index is -4.52. The molecule has 4 rings (SSSR count). The number of hydrogen-bond acceptors (Lipinski definition) is 3. The summed E-state index contributed by atoms with van der Waals surface area (Å²) in [7, 11) is 0. The molecule has 1 amide bonds. The summed E-state index contributed by atoms with van der Waals surface area (Å²) in [5, 5.41) is 3.56. The molecule has 1 fully saturated rings. The Morgan fingerprint density at radius 2 is 1.61 bits per heavy atom. The molecule has 0 spiro atoms. The minimum Gasteiger partial charge on any atom is -0.367 e. The molecular formula is C23H23F3N4O. The Labute approximate surface area is 178 Å². The predicted octanol–water partition coefficient (Wildman–Crippen LogP) is 4.23. The summed E-state index contributed by atoms with van der Waals surface area (Å²) < 4.78 is 39.7. The van der Waals surface area contributed by atoms with Gasteiger partial charge in [0.1, 0.15) is 6.54 Å². The van der Waals surface area contributed by atoms with Crippen LogP contribution < -0.4 is 4.90 Å². The second kappa shape index (κ2) is 8.45. The van der Waals surface area contributed by atoms with Gasteiger partial charge in [-0.15, -0.1) is 0 Å². The van der Waals surface area contributed by atoms with Crippen LogP contribution >= 0.6 is 0 Å². The van der Waals surface area contributed by atoms with Crippen LogP contribution in [0.1, 0.15) is 11.4 Å². The Hall–Kier alpha value is -3.29. The molecule has 2 heterocycles. The van der Waals surface area contributed by atoms with Gasteiger partial charge in [-0.1, -0.05) is 48.5 Å². The van der Waals surface area contributed by atoms with Crippen molar-refractivity contribution in [1.82, 2.24) is 14.7 Å². The standard InChI is InChI=1S/C23H23F3N4O/c1-17-15-21(23(24,25)26)27-30(17)16-22(31)29-13-11-28(12-14-29)20-10-6-5-9-19(20)18-7-3-2-4-8-18/h2-10,15H,11-14,16H2,1H3. The molecule has 0 saturated carbocycles. The van der Waals surface area contributed by atoms with Crippen molar-refractivity contribution in [3.8, 4) is 11.1 Å². The topological polar surface area (TPSA) is 41.4 Å². The first-order valence-electron chi connectivity index (χ1n) is 10.1. The first kappa shape index (κ1) is 21.0. The van der Waals surface area contributed by atoms with Crippen molar-refractivity contribution < 1.29 is 18.0 Å². The van der Waals surface area contributed by atoms with Gasteiger partial charge >= 0.3 is 6.18 Å². The van der Waals surface area contributed by atoms with Crippen LogP contribution in [0.25, 0.3) is 11.1 Å². The minimum absolute atomic E-state index is 0.192. The van der Waals surface area contributed by atoms with Gasteiger partial charge in [-0.25, -0.2) is 0 Å². The molecule has 0 N–H and O–H groups in total. The summed E-state index contributed by atoms with van der Waals surface area (Å²) in [6.45, 7) is 3.66. The van der Waals surface area contributed by atoms with Gasteiger partial charge in [0.25, 0.3) is 0 Å². The number of carbonyl (C=O) groups is 1. The number of alkyl halides is 3. The smallest absolute Gasteiger partial charge is 0.367 e. The van der Waals surface area contributed by atoms with Gasteiger partial charge in [-0.3, -0.25) is 9.48 Å². The van der Waals surface area contributed by atoms with E-state index in [-0.39, 0.29) is 12.5 Å². The zero-order valence-electron chi connectivity index (χ0n) is 17.1. The Morgan fingerprint density at radius 1 is 0.968 bits per heavy atom. The molecule has 162 valence electrons. The molecule has 1 saturated heterocycles. The van der Waals surface area contributed by atoms with Crippen molar-refractivity contribution in [1.29, 1.82) is 0 Å². The molecule has 3 aromatic rings. The molecule has 1 aliphatic rings. The SMILES string of the molecule is Cc1cc(C(F)(F)F)nn1CC(=O)N1CCN(c2ccccc2-c2ccccc2)CC1. The van der Waals surface area contributed by atoms with Crippen LogP contribution in [0.4, 0.5) is 18.9 Å². The Bertz CT molecular complexity index is 1050. The van der Waals surface area contributed by atoms with Gasteiger partial charge in [0, 0.05) is 43.1 Å². The molecular weight excluding hydrogens is 405 g/mol. The third-order valence-electron chi connectivity index (χ3n) is 5.52. The lowest BCUT2D eigenvalue weighted by molar-refractivity contribution is -0.142. The van der Waals surface area contributed by atoms with Gasteiger partial charge in [-0.05, 0) is 24.6 Å². The van der Waals surface area contributed by atoms with Crippen molar-refractivity contribution in [2.75, 3.05) is 31.1 Å². The van der Waals surface area contributed by atoms with E-state index >= 15 is 0 Å². The highest BCUT2D eigenvalue weighted by Crippen LogP contribution is 2.31. The van der Waals surface area contributed by atoms with E-state index in [9.17, 15) is 18.0 Å². The van der Waals surface area contributed by atoms with Crippen LogP contribution in [0.5, 0.6) is 0 Å². The van der Waals surface area contributed by atoms with Crippen molar-refractivity contribution in [2.45, 2.75) is 19.6 Å². The van der Waals surface area contributed by atoms with Crippen LogP contribution in [-0.2, 0) is 17.5 Å². The van der Waals surface area contributed by atoms with Crippen LogP contribution in [0.15, 0.2) is 60.7 Å². The molecule has 0 aliphatic carbocycles. The number of piperazine rings is 1. The Balaban J connectivity index is 1.42. The fourth-order valence-corrected chi connectivity index (χ4v) is 3.84. The number of amides is 1. The molecule has 0 bridgehead atoms. The largest absolute Gasteiger partial charge is 0.435 e. The number of aromatic nitrogens is 2. The van der Waals surface area contributed by atoms with Gasteiger partial charge in [0.2, 0.25) is 5.91 Å². The molecule has 31 heavy (non-hydrogen) atoms. The lowest BCUT2D eigenvalue weighted by Gasteiger charge is -2.37.